The van der Waals surface area contributed by atoms with Crippen molar-refractivity contribution in [2.75, 3.05) is 47.5 Å². The third-order valence-corrected chi connectivity index (χ3v) is 9.84. The average Bonchev–Trinajstić information content (AvgIpc) is 3.14. The molecule has 0 bridgehead atoms. The molecule has 11 heteroatoms. The highest BCUT2D eigenvalue weighted by atomic mass is 31.2. The van der Waals surface area contributed by atoms with Crippen LogP contribution in [0.1, 0.15) is 155 Å². The van der Waals surface area contributed by atoms with E-state index < -0.39 is 38.6 Å². The molecule has 10 nitrogen and oxygen atoms in total. The van der Waals surface area contributed by atoms with Gasteiger partial charge in [-0.25, -0.2) is 0 Å². The number of allylic oxidation sites excluding steroid dienone is 8. The van der Waals surface area contributed by atoms with Crippen LogP contribution in [-0.2, 0) is 32.7 Å². The fourth-order valence-electron chi connectivity index (χ4n) is 5.47. The normalized spacial score (nSPS) is 14.8. The summed E-state index contributed by atoms with van der Waals surface area (Å²) in [6.45, 7) is 3.90. The molecule has 0 aliphatic rings. The SMILES string of the molecule is CC/C=C\C(O)C/C=C/C=C\C/C=C\C/C=C\CCCC(=O)O[C@H](COC(=O)CCCCCCCCCCCCCCCC)COP(=O)([O-])OCC[N+](C)(C)C. The summed E-state index contributed by atoms with van der Waals surface area (Å²) in [6.07, 6.45) is 40.2. The van der Waals surface area contributed by atoms with Crippen molar-refractivity contribution in [1.29, 1.82) is 0 Å². The van der Waals surface area contributed by atoms with Crippen molar-refractivity contribution in [1.82, 2.24) is 0 Å². The summed E-state index contributed by atoms with van der Waals surface area (Å²) in [5.74, 6) is -0.928. The number of phosphoric ester groups is 1. The molecule has 0 heterocycles. The van der Waals surface area contributed by atoms with E-state index in [0.717, 1.165) is 38.5 Å². The largest absolute Gasteiger partial charge is 0.756 e. The highest BCUT2D eigenvalue weighted by Crippen LogP contribution is 2.38. The van der Waals surface area contributed by atoms with Gasteiger partial charge in [0.05, 0.1) is 33.9 Å². The lowest BCUT2D eigenvalue weighted by Gasteiger charge is -2.28. The first-order valence-electron chi connectivity index (χ1n) is 21.6. The molecule has 0 radical (unpaired) electrons. The Kier molecular flexibility index (Phi) is 35.4. The van der Waals surface area contributed by atoms with E-state index in [1.807, 2.05) is 76.7 Å². The van der Waals surface area contributed by atoms with Crippen LogP contribution in [0.4, 0.5) is 0 Å². The maximum atomic E-state index is 12.6. The number of rotatable bonds is 38. The van der Waals surface area contributed by atoms with E-state index in [9.17, 15) is 24.2 Å². The Morgan fingerprint density at radius 2 is 1.23 bits per heavy atom. The predicted molar refractivity (Wildman–Crippen MR) is 228 cm³/mol. The Bertz CT molecular complexity index is 1160. The molecule has 0 spiro atoms. The molecule has 0 aliphatic carbocycles. The smallest absolute Gasteiger partial charge is 0.306 e. The highest BCUT2D eigenvalue weighted by molar-refractivity contribution is 7.45. The van der Waals surface area contributed by atoms with Crippen LogP contribution in [0.2, 0.25) is 0 Å². The second-order valence-electron chi connectivity index (χ2n) is 15.5. The summed E-state index contributed by atoms with van der Waals surface area (Å²) in [7, 11) is 1.10. The summed E-state index contributed by atoms with van der Waals surface area (Å²) in [5, 5.41) is 9.77. The van der Waals surface area contributed by atoms with Gasteiger partial charge in [-0.05, 0) is 44.9 Å². The predicted octanol–water partition coefficient (Wildman–Crippen LogP) is 10.4. The molecule has 56 heavy (non-hydrogen) atoms. The van der Waals surface area contributed by atoms with Gasteiger partial charge < -0.3 is 33.0 Å². The number of esters is 2. The zero-order chi connectivity index (χ0) is 41.6. The summed E-state index contributed by atoms with van der Waals surface area (Å²) in [5.41, 5.74) is 0. The number of unbranched alkanes of at least 4 members (excludes halogenated alkanes) is 14. The zero-order valence-electron chi connectivity index (χ0n) is 35.9. The molecule has 324 valence electrons. The van der Waals surface area contributed by atoms with Crippen molar-refractivity contribution in [3.63, 3.8) is 0 Å². The fourth-order valence-corrected chi connectivity index (χ4v) is 6.20. The second-order valence-corrected chi connectivity index (χ2v) is 16.9. The molecule has 0 rings (SSSR count). The third kappa shape index (κ3) is 39.9. The van der Waals surface area contributed by atoms with Crippen LogP contribution < -0.4 is 4.89 Å². The van der Waals surface area contributed by atoms with Crippen LogP contribution in [0.25, 0.3) is 0 Å². The van der Waals surface area contributed by atoms with Crippen LogP contribution in [0, 0.1) is 0 Å². The van der Waals surface area contributed by atoms with Crippen LogP contribution in [-0.4, -0.2) is 81.2 Å². The molecule has 0 aromatic carbocycles. The molecule has 0 fully saturated rings. The maximum Gasteiger partial charge on any atom is 0.306 e. The lowest BCUT2D eigenvalue weighted by molar-refractivity contribution is -0.870. The molecule has 2 unspecified atom stereocenters. The van der Waals surface area contributed by atoms with E-state index in [1.54, 1.807) is 0 Å². The van der Waals surface area contributed by atoms with Crippen molar-refractivity contribution < 1.29 is 47.2 Å². The monoisotopic (exact) mass is 810 g/mol. The molecule has 0 aromatic heterocycles. The Morgan fingerprint density at radius 3 is 1.84 bits per heavy atom. The van der Waals surface area contributed by atoms with Gasteiger partial charge in [-0.2, -0.15) is 0 Å². The minimum absolute atomic E-state index is 0.0507. The van der Waals surface area contributed by atoms with E-state index in [-0.39, 0.29) is 26.1 Å². The van der Waals surface area contributed by atoms with Gasteiger partial charge >= 0.3 is 11.9 Å². The van der Waals surface area contributed by atoms with E-state index in [2.05, 4.69) is 19.1 Å². The van der Waals surface area contributed by atoms with Crippen LogP contribution in [0.5, 0.6) is 0 Å². The molecule has 3 atom stereocenters. The topological polar surface area (TPSA) is 131 Å². The molecule has 0 saturated heterocycles. The van der Waals surface area contributed by atoms with Crippen LogP contribution >= 0.6 is 7.82 Å². The number of hydrogen-bond donors (Lipinski definition) is 1. The average molecular weight is 810 g/mol. The second kappa shape index (κ2) is 37.0. The molecule has 0 amide bonds. The summed E-state index contributed by atoms with van der Waals surface area (Å²) < 4.78 is 33.8. The first-order chi connectivity index (χ1) is 26.9. The Hall–Kier alpha value is -2.33. The highest BCUT2D eigenvalue weighted by Gasteiger charge is 2.21. The fraction of sp³-hybridized carbons (Fsp3) is 0.733. The molecular weight excluding hydrogens is 729 g/mol. The molecule has 1 N–H and O–H groups in total. The van der Waals surface area contributed by atoms with Crippen LogP contribution in [0.3, 0.4) is 0 Å². The van der Waals surface area contributed by atoms with Gasteiger partial charge in [0.2, 0.25) is 0 Å². The number of carbonyl (C=O) groups excluding carboxylic acids is 2. The first-order valence-corrected chi connectivity index (χ1v) is 23.1. The third-order valence-electron chi connectivity index (χ3n) is 8.88. The van der Waals surface area contributed by atoms with Gasteiger partial charge in [0.15, 0.2) is 6.10 Å². The van der Waals surface area contributed by atoms with Gasteiger partial charge in [-0.15, -0.1) is 0 Å². The van der Waals surface area contributed by atoms with Crippen LogP contribution in [0.15, 0.2) is 60.8 Å². The Morgan fingerprint density at radius 1 is 0.679 bits per heavy atom. The Labute approximate surface area is 341 Å². The minimum atomic E-state index is -4.65. The van der Waals surface area contributed by atoms with E-state index in [1.165, 1.54) is 70.6 Å². The number of aliphatic hydroxyl groups excluding tert-OH is 1. The minimum Gasteiger partial charge on any atom is -0.756 e. The van der Waals surface area contributed by atoms with Crippen molar-refractivity contribution in [3.8, 4) is 0 Å². The van der Waals surface area contributed by atoms with Crippen molar-refractivity contribution in [2.24, 2.45) is 0 Å². The standard InChI is InChI=1S/C45H80NO9P/c1-6-8-10-11-12-13-14-15-16-20-23-26-29-32-36-44(48)52-40-43(41-54-56(50,51)53-39-38-46(3,4)5)55-45(49)37-33-30-27-24-21-18-17-19-22-25-28-31-35-42(47)34-9-7-2/h9,17-18,22,24-25,27-28,31,34,42-43,47H,6-8,10-16,19-21,23,26,29-30,32-33,35-41H2,1-5H3/b18-17-,25-22-,27-24-,31-28+,34-9-/t42?,43-/m1/s1. The number of quaternary nitrogens is 1. The van der Waals surface area contributed by atoms with Gasteiger partial charge in [-0.1, -0.05) is 158 Å². The lowest BCUT2D eigenvalue weighted by Crippen LogP contribution is -2.37. The Balaban J connectivity index is 4.51. The molecule has 0 aromatic rings. The van der Waals surface area contributed by atoms with Crippen molar-refractivity contribution in [3.05, 3.63) is 60.8 Å². The summed E-state index contributed by atoms with van der Waals surface area (Å²) >= 11 is 0. The number of aliphatic hydroxyl groups is 1. The number of carbonyl (C=O) groups is 2. The number of phosphoric acid groups is 1. The summed E-state index contributed by atoms with van der Waals surface area (Å²) in [4.78, 5) is 37.5. The number of likely N-dealkylation sites (N-methyl/N-ethyl adjacent to an activating group) is 1. The molecule has 0 aliphatic heterocycles. The van der Waals surface area contributed by atoms with Gasteiger partial charge in [0.1, 0.15) is 19.8 Å². The van der Waals surface area contributed by atoms with E-state index in [4.69, 9.17) is 18.5 Å². The molecule has 0 saturated carbocycles. The number of ether oxygens (including phenoxy) is 2. The van der Waals surface area contributed by atoms with Gasteiger partial charge in [0, 0.05) is 12.8 Å². The van der Waals surface area contributed by atoms with Gasteiger partial charge in [-0.3, -0.25) is 14.2 Å². The van der Waals surface area contributed by atoms with Crippen molar-refractivity contribution in [2.45, 2.75) is 167 Å². The quantitative estimate of drug-likeness (QED) is 0.0162. The zero-order valence-corrected chi connectivity index (χ0v) is 36.8. The summed E-state index contributed by atoms with van der Waals surface area (Å²) in [6, 6.07) is 0. The van der Waals surface area contributed by atoms with E-state index >= 15 is 0 Å². The number of hydrogen-bond acceptors (Lipinski definition) is 9. The maximum absolute atomic E-state index is 12.6. The molecular formula is C45H80NO9P. The number of nitrogens with zero attached hydrogens (tertiary/aromatic N) is 1. The lowest BCUT2D eigenvalue weighted by atomic mass is 10.0. The van der Waals surface area contributed by atoms with Gasteiger partial charge in [0.25, 0.3) is 7.82 Å². The van der Waals surface area contributed by atoms with E-state index in [0.29, 0.717) is 30.3 Å². The first kappa shape index (κ1) is 53.7. The van der Waals surface area contributed by atoms with Crippen molar-refractivity contribution >= 4 is 19.8 Å².